The van der Waals surface area contributed by atoms with Crippen LogP contribution in [0, 0.1) is 5.92 Å². The summed E-state index contributed by atoms with van der Waals surface area (Å²) in [6.45, 7) is 1.00. The maximum absolute atomic E-state index is 5.57. The number of hydrogen-bond acceptors (Lipinski definition) is 3. The van der Waals surface area contributed by atoms with Crippen molar-refractivity contribution in [2.45, 2.75) is 12.8 Å². The summed E-state index contributed by atoms with van der Waals surface area (Å²) < 4.78 is 0. The smallest absolute Gasteiger partial charge is 0.124 e. The number of nitrogens with one attached hydrogen (secondary N) is 1. The monoisotopic (exact) mass is 207 g/mol. The molecule has 0 saturated heterocycles. The van der Waals surface area contributed by atoms with Crippen molar-refractivity contribution < 1.29 is 0 Å². The molecule has 0 aliphatic heterocycles. The van der Waals surface area contributed by atoms with Crippen LogP contribution in [0.3, 0.4) is 0 Å². The second-order valence-corrected chi connectivity index (χ2v) is 4.03. The average molecular weight is 207 g/mol. The highest BCUT2D eigenvalue weighted by Gasteiger charge is 2.21. The van der Waals surface area contributed by atoms with Crippen LogP contribution in [0.1, 0.15) is 18.5 Å². The Hall–Kier alpha value is -1.16. The molecule has 0 radical (unpaired) electrons. The summed E-state index contributed by atoms with van der Waals surface area (Å²) in [5.74, 6) is 0.828. The zero-order valence-corrected chi connectivity index (χ0v) is 8.68. The van der Waals surface area contributed by atoms with Gasteiger partial charge in [-0.05, 0) is 30.9 Å². The minimum absolute atomic E-state index is 0.351. The molecular weight excluding hydrogens is 194 g/mol. The molecule has 0 unspecified atom stereocenters. The quantitative estimate of drug-likeness (QED) is 0.735. The zero-order valence-electron chi connectivity index (χ0n) is 7.86. The predicted molar refractivity (Wildman–Crippen MR) is 61.3 cm³/mol. The largest absolute Gasteiger partial charge is 0.388 e. The lowest BCUT2D eigenvalue weighted by atomic mass is 10.3. The van der Waals surface area contributed by atoms with Crippen LogP contribution < -0.4 is 11.1 Å². The maximum Gasteiger partial charge on any atom is 0.124 e. The average Bonchev–Trinajstić information content (AvgIpc) is 2.98. The second kappa shape index (κ2) is 3.92. The number of nitrogens with two attached hydrogens (primary N) is 1. The maximum atomic E-state index is 5.57. The van der Waals surface area contributed by atoms with Crippen molar-refractivity contribution in [1.29, 1.82) is 0 Å². The SMILES string of the molecule is NC(=S)c1ncccc1NCC1CC1. The molecule has 74 valence electrons. The Balaban J connectivity index is 2.09. The number of rotatable bonds is 4. The molecule has 1 aromatic rings. The zero-order chi connectivity index (χ0) is 9.97. The van der Waals surface area contributed by atoms with Gasteiger partial charge in [-0.1, -0.05) is 12.2 Å². The number of anilines is 1. The Morgan fingerprint density at radius 1 is 1.64 bits per heavy atom. The summed E-state index contributed by atoms with van der Waals surface area (Å²) in [5, 5.41) is 3.33. The first-order valence-electron chi connectivity index (χ1n) is 4.76. The van der Waals surface area contributed by atoms with Crippen molar-refractivity contribution in [1.82, 2.24) is 4.98 Å². The van der Waals surface area contributed by atoms with Crippen molar-refractivity contribution in [3.8, 4) is 0 Å². The fourth-order valence-electron chi connectivity index (χ4n) is 1.32. The third kappa shape index (κ3) is 2.20. The molecule has 1 aliphatic carbocycles. The minimum atomic E-state index is 0.351. The Morgan fingerprint density at radius 2 is 2.43 bits per heavy atom. The van der Waals surface area contributed by atoms with Crippen LogP contribution in [0.4, 0.5) is 5.69 Å². The highest BCUT2D eigenvalue weighted by Crippen LogP contribution is 2.29. The third-order valence-corrected chi connectivity index (χ3v) is 2.51. The van der Waals surface area contributed by atoms with Crippen LogP contribution in [-0.4, -0.2) is 16.5 Å². The van der Waals surface area contributed by atoms with E-state index in [9.17, 15) is 0 Å². The first-order chi connectivity index (χ1) is 6.77. The van der Waals surface area contributed by atoms with E-state index in [0.717, 1.165) is 18.2 Å². The first-order valence-corrected chi connectivity index (χ1v) is 5.17. The van der Waals surface area contributed by atoms with Gasteiger partial charge in [0, 0.05) is 12.7 Å². The molecule has 2 rings (SSSR count). The summed E-state index contributed by atoms with van der Waals surface area (Å²) in [5.41, 5.74) is 7.21. The molecule has 3 N–H and O–H groups in total. The van der Waals surface area contributed by atoms with E-state index in [2.05, 4.69) is 10.3 Å². The number of nitrogens with zero attached hydrogens (tertiary/aromatic N) is 1. The molecule has 0 amide bonds. The topological polar surface area (TPSA) is 50.9 Å². The second-order valence-electron chi connectivity index (χ2n) is 3.59. The molecule has 0 atom stereocenters. The summed E-state index contributed by atoms with van der Waals surface area (Å²) in [7, 11) is 0. The molecule has 14 heavy (non-hydrogen) atoms. The van der Waals surface area contributed by atoms with Gasteiger partial charge in [0.25, 0.3) is 0 Å². The van der Waals surface area contributed by atoms with E-state index in [4.69, 9.17) is 18.0 Å². The molecule has 1 aromatic heterocycles. The highest BCUT2D eigenvalue weighted by atomic mass is 32.1. The molecule has 1 saturated carbocycles. The van der Waals surface area contributed by atoms with Crippen LogP contribution in [0.2, 0.25) is 0 Å². The minimum Gasteiger partial charge on any atom is -0.388 e. The fraction of sp³-hybridized carbons (Fsp3) is 0.400. The van der Waals surface area contributed by atoms with Crippen molar-refractivity contribution >= 4 is 22.9 Å². The molecule has 1 fully saturated rings. The van der Waals surface area contributed by atoms with E-state index in [-0.39, 0.29) is 0 Å². The van der Waals surface area contributed by atoms with Gasteiger partial charge in [0.05, 0.1) is 5.69 Å². The molecule has 4 heteroatoms. The van der Waals surface area contributed by atoms with E-state index in [1.54, 1.807) is 6.20 Å². The summed E-state index contributed by atoms with van der Waals surface area (Å²) in [4.78, 5) is 4.50. The van der Waals surface area contributed by atoms with Gasteiger partial charge in [-0.15, -0.1) is 0 Å². The summed E-state index contributed by atoms with van der Waals surface area (Å²) >= 11 is 4.92. The van der Waals surface area contributed by atoms with E-state index < -0.39 is 0 Å². The number of aromatic nitrogens is 1. The van der Waals surface area contributed by atoms with E-state index in [1.807, 2.05) is 12.1 Å². The molecule has 1 aliphatic rings. The van der Waals surface area contributed by atoms with E-state index in [1.165, 1.54) is 12.8 Å². The fourth-order valence-corrected chi connectivity index (χ4v) is 1.48. The lowest BCUT2D eigenvalue weighted by Gasteiger charge is -2.08. The molecule has 3 nitrogen and oxygen atoms in total. The van der Waals surface area contributed by atoms with Crippen LogP contribution in [0.25, 0.3) is 0 Å². The number of hydrogen-bond donors (Lipinski definition) is 2. The molecule has 0 bridgehead atoms. The first kappa shape index (κ1) is 9.40. The summed E-state index contributed by atoms with van der Waals surface area (Å²) in [6, 6.07) is 3.85. The van der Waals surface area contributed by atoms with Gasteiger partial charge in [0.15, 0.2) is 0 Å². The Morgan fingerprint density at radius 3 is 3.07 bits per heavy atom. The highest BCUT2D eigenvalue weighted by molar-refractivity contribution is 7.80. The lowest BCUT2D eigenvalue weighted by Crippen LogP contribution is -2.15. The number of pyridine rings is 1. The van der Waals surface area contributed by atoms with Crippen LogP contribution in [-0.2, 0) is 0 Å². The molecule has 1 heterocycles. The van der Waals surface area contributed by atoms with Crippen molar-refractivity contribution in [2.24, 2.45) is 11.7 Å². The molecule has 0 spiro atoms. The normalized spacial score (nSPS) is 15.1. The van der Waals surface area contributed by atoms with Gasteiger partial charge in [0.2, 0.25) is 0 Å². The Labute approximate surface area is 88.7 Å². The standard InChI is InChI=1S/C10H13N3S/c11-10(14)9-8(2-1-5-12-9)13-6-7-3-4-7/h1-2,5,7,13H,3-4,6H2,(H2,11,14). The van der Waals surface area contributed by atoms with Crippen LogP contribution in [0.5, 0.6) is 0 Å². The van der Waals surface area contributed by atoms with E-state index in [0.29, 0.717) is 10.7 Å². The van der Waals surface area contributed by atoms with E-state index >= 15 is 0 Å². The Kier molecular flexibility index (Phi) is 2.63. The predicted octanol–water partition coefficient (Wildman–Crippen LogP) is 1.54. The van der Waals surface area contributed by atoms with Gasteiger partial charge in [0.1, 0.15) is 10.7 Å². The van der Waals surface area contributed by atoms with Gasteiger partial charge < -0.3 is 11.1 Å². The lowest BCUT2D eigenvalue weighted by molar-refractivity contribution is 0.887. The van der Waals surface area contributed by atoms with Crippen LogP contribution in [0.15, 0.2) is 18.3 Å². The number of thiocarbonyl (C=S) groups is 1. The van der Waals surface area contributed by atoms with Crippen molar-refractivity contribution in [3.05, 3.63) is 24.0 Å². The van der Waals surface area contributed by atoms with Gasteiger partial charge >= 0.3 is 0 Å². The van der Waals surface area contributed by atoms with Gasteiger partial charge in [-0.3, -0.25) is 4.98 Å². The van der Waals surface area contributed by atoms with Crippen molar-refractivity contribution in [2.75, 3.05) is 11.9 Å². The van der Waals surface area contributed by atoms with Gasteiger partial charge in [-0.25, -0.2) is 0 Å². The molecule has 0 aromatic carbocycles. The third-order valence-electron chi connectivity index (χ3n) is 2.32. The Bertz CT molecular complexity index is 347. The van der Waals surface area contributed by atoms with Crippen molar-refractivity contribution in [3.63, 3.8) is 0 Å². The van der Waals surface area contributed by atoms with Gasteiger partial charge in [-0.2, -0.15) is 0 Å². The molecular formula is C10H13N3S. The summed E-state index contributed by atoms with van der Waals surface area (Å²) in [6.07, 6.45) is 4.36. The van der Waals surface area contributed by atoms with Crippen LogP contribution >= 0.6 is 12.2 Å².